The summed E-state index contributed by atoms with van der Waals surface area (Å²) in [7, 11) is 0. The smallest absolute Gasteiger partial charge is 0.303 e. The second-order valence-corrected chi connectivity index (χ2v) is 5.98. The molecule has 3 fully saturated rings. The number of hydrogen-bond acceptors (Lipinski definition) is 2. The number of fused-ring (bicyclic) bond motifs is 1. The zero-order chi connectivity index (χ0) is 11.6. The number of carboxylic acids is 1. The van der Waals surface area contributed by atoms with Crippen molar-refractivity contribution < 1.29 is 14.3 Å². The van der Waals surface area contributed by atoms with Crippen molar-refractivity contribution in [3.63, 3.8) is 0 Å². The molecule has 4 heteroatoms. The number of carboxylic acid groups (broad SMARTS) is 1. The maximum Gasteiger partial charge on any atom is 0.303 e. The summed E-state index contributed by atoms with van der Waals surface area (Å²) in [6.07, 6.45) is 2.79. The number of rotatable bonds is 3. The van der Waals surface area contributed by atoms with E-state index in [1.165, 1.54) is 0 Å². The molecule has 90 valence electrons. The summed E-state index contributed by atoms with van der Waals surface area (Å²) >= 11 is 0. The van der Waals surface area contributed by atoms with Crippen molar-refractivity contribution in [1.29, 1.82) is 0 Å². The minimum atomic E-state index is -0.999. The minimum absolute atomic E-state index is 0.130. The van der Waals surface area contributed by atoms with Crippen molar-refractivity contribution in [3.8, 4) is 0 Å². The van der Waals surface area contributed by atoms with Crippen LogP contribution in [0.2, 0.25) is 0 Å². The highest BCUT2D eigenvalue weighted by molar-refractivity contribution is 5.68. The van der Waals surface area contributed by atoms with Gasteiger partial charge in [0.25, 0.3) is 0 Å². The lowest BCUT2D eigenvalue weighted by atomic mass is 9.45. The molecule has 5 unspecified atom stereocenters. The summed E-state index contributed by atoms with van der Waals surface area (Å²) < 4.78 is 14.2. The molecule has 0 radical (unpaired) electrons. The SMILES string of the molecule is NCC1(CC(=O)O)C2CCC3(F)CC2C1C3. The number of halogens is 1. The van der Waals surface area contributed by atoms with Gasteiger partial charge in [0.05, 0.1) is 6.42 Å². The highest BCUT2D eigenvalue weighted by Gasteiger charge is 2.70. The molecule has 3 nitrogen and oxygen atoms in total. The van der Waals surface area contributed by atoms with E-state index in [4.69, 9.17) is 10.8 Å². The van der Waals surface area contributed by atoms with E-state index in [2.05, 4.69) is 0 Å². The zero-order valence-corrected chi connectivity index (χ0v) is 9.29. The summed E-state index contributed by atoms with van der Waals surface area (Å²) in [4.78, 5) is 11.0. The molecule has 3 aliphatic rings. The van der Waals surface area contributed by atoms with Crippen LogP contribution in [0.25, 0.3) is 0 Å². The molecule has 0 aromatic carbocycles. The third-order valence-corrected chi connectivity index (χ3v) is 5.46. The topological polar surface area (TPSA) is 63.3 Å². The first kappa shape index (κ1) is 10.5. The lowest BCUT2D eigenvalue weighted by molar-refractivity contribution is -0.156. The van der Waals surface area contributed by atoms with Crippen molar-refractivity contribution in [2.24, 2.45) is 28.9 Å². The van der Waals surface area contributed by atoms with Gasteiger partial charge in [0.15, 0.2) is 0 Å². The van der Waals surface area contributed by atoms with Gasteiger partial charge in [0.2, 0.25) is 0 Å². The van der Waals surface area contributed by atoms with Crippen LogP contribution >= 0.6 is 0 Å². The average Bonchev–Trinajstić information content (AvgIpc) is 2.37. The van der Waals surface area contributed by atoms with Crippen LogP contribution in [0, 0.1) is 23.2 Å². The van der Waals surface area contributed by atoms with E-state index in [0.29, 0.717) is 37.6 Å². The standard InChI is InChI=1S/C12H18FNO2/c13-11-2-1-8-7(3-11)9(4-11)12(8,6-14)5-10(15)16/h7-9H,1-6,14H2,(H,15,16). The molecule has 3 N–H and O–H groups in total. The summed E-state index contributed by atoms with van der Waals surface area (Å²) in [5.74, 6) is 0.227. The molecule has 3 rings (SSSR count). The number of hydrogen-bond donors (Lipinski definition) is 2. The molecule has 5 atom stereocenters. The zero-order valence-electron chi connectivity index (χ0n) is 9.29. The molecule has 3 aliphatic carbocycles. The Hall–Kier alpha value is -0.640. The molecular weight excluding hydrogens is 209 g/mol. The lowest BCUT2D eigenvalue weighted by Gasteiger charge is -2.59. The Kier molecular flexibility index (Phi) is 1.95. The van der Waals surface area contributed by atoms with Gasteiger partial charge in [-0.1, -0.05) is 0 Å². The fraction of sp³-hybridized carbons (Fsp3) is 0.917. The van der Waals surface area contributed by atoms with Crippen LogP contribution in [-0.2, 0) is 4.79 Å². The van der Waals surface area contributed by atoms with E-state index >= 15 is 0 Å². The first-order valence-corrected chi connectivity index (χ1v) is 6.12. The molecule has 0 aromatic rings. The van der Waals surface area contributed by atoms with Gasteiger partial charge < -0.3 is 10.8 Å². The van der Waals surface area contributed by atoms with Crippen LogP contribution in [-0.4, -0.2) is 23.3 Å². The third kappa shape index (κ3) is 1.09. The Morgan fingerprint density at radius 3 is 2.81 bits per heavy atom. The molecule has 0 amide bonds. The highest BCUT2D eigenvalue weighted by Crippen LogP contribution is 2.72. The first-order valence-electron chi connectivity index (χ1n) is 6.12. The van der Waals surface area contributed by atoms with Gasteiger partial charge >= 0.3 is 5.97 Å². The van der Waals surface area contributed by atoms with Gasteiger partial charge in [-0.15, -0.1) is 0 Å². The van der Waals surface area contributed by atoms with Crippen molar-refractivity contribution in [1.82, 2.24) is 0 Å². The highest BCUT2D eigenvalue weighted by atomic mass is 19.1. The third-order valence-electron chi connectivity index (χ3n) is 5.46. The van der Waals surface area contributed by atoms with Gasteiger partial charge in [-0.3, -0.25) is 4.79 Å². The van der Waals surface area contributed by atoms with Gasteiger partial charge in [-0.25, -0.2) is 4.39 Å². The molecule has 0 aromatic heterocycles. The fourth-order valence-corrected chi connectivity index (χ4v) is 4.87. The van der Waals surface area contributed by atoms with E-state index in [-0.39, 0.29) is 17.8 Å². The first-order chi connectivity index (χ1) is 7.51. The van der Waals surface area contributed by atoms with Gasteiger partial charge in [0.1, 0.15) is 5.67 Å². The van der Waals surface area contributed by atoms with Gasteiger partial charge in [0, 0.05) is 0 Å². The van der Waals surface area contributed by atoms with Gasteiger partial charge in [-0.05, 0) is 55.4 Å². The normalized spacial score (nSPS) is 53.5. The molecule has 0 spiro atoms. The molecule has 2 bridgehead atoms. The van der Waals surface area contributed by atoms with Crippen LogP contribution in [0.1, 0.15) is 32.1 Å². The molecule has 16 heavy (non-hydrogen) atoms. The van der Waals surface area contributed by atoms with E-state index in [9.17, 15) is 9.18 Å². The number of aliphatic carboxylic acids is 1. The molecule has 0 heterocycles. The number of carbonyl (C=O) groups is 1. The van der Waals surface area contributed by atoms with Crippen molar-refractivity contribution in [2.75, 3.05) is 6.54 Å². The lowest BCUT2D eigenvalue weighted by Crippen LogP contribution is -2.59. The van der Waals surface area contributed by atoms with Crippen LogP contribution in [0.5, 0.6) is 0 Å². The predicted molar refractivity (Wildman–Crippen MR) is 56.5 cm³/mol. The minimum Gasteiger partial charge on any atom is -0.481 e. The molecular formula is C12H18FNO2. The van der Waals surface area contributed by atoms with E-state index in [1.54, 1.807) is 0 Å². The second-order valence-electron chi connectivity index (χ2n) is 5.98. The summed E-state index contributed by atoms with van der Waals surface area (Å²) in [5, 5.41) is 9.01. The van der Waals surface area contributed by atoms with Crippen molar-refractivity contribution in [2.45, 2.75) is 37.8 Å². The Labute approximate surface area is 94.2 Å². The average molecular weight is 227 g/mol. The quantitative estimate of drug-likeness (QED) is 0.769. The summed E-state index contributed by atoms with van der Waals surface area (Å²) in [6.45, 7) is 0.404. The van der Waals surface area contributed by atoms with Crippen LogP contribution in [0.15, 0.2) is 0 Å². The fourth-order valence-electron chi connectivity index (χ4n) is 4.87. The Bertz CT molecular complexity index is 348. The molecule has 0 aliphatic heterocycles. The van der Waals surface area contributed by atoms with Crippen LogP contribution in [0.4, 0.5) is 4.39 Å². The summed E-state index contributed by atoms with van der Waals surface area (Å²) in [5.41, 5.74) is 4.53. The maximum atomic E-state index is 14.2. The Morgan fingerprint density at radius 2 is 2.19 bits per heavy atom. The van der Waals surface area contributed by atoms with E-state index in [0.717, 1.165) is 6.42 Å². The second kappa shape index (κ2) is 2.97. The molecule has 3 saturated carbocycles. The predicted octanol–water partition coefficient (Wildman–Crippen LogP) is 1.56. The number of nitrogens with two attached hydrogens (primary N) is 1. The monoisotopic (exact) mass is 227 g/mol. The van der Waals surface area contributed by atoms with E-state index in [1.807, 2.05) is 0 Å². The summed E-state index contributed by atoms with van der Waals surface area (Å²) in [6, 6.07) is 0. The van der Waals surface area contributed by atoms with Gasteiger partial charge in [-0.2, -0.15) is 0 Å². The van der Waals surface area contributed by atoms with Crippen molar-refractivity contribution in [3.05, 3.63) is 0 Å². The maximum absolute atomic E-state index is 14.2. The Balaban J connectivity index is 1.90. The molecule has 0 saturated heterocycles. The largest absolute Gasteiger partial charge is 0.481 e. The number of alkyl halides is 1. The van der Waals surface area contributed by atoms with Crippen LogP contribution in [0.3, 0.4) is 0 Å². The van der Waals surface area contributed by atoms with E-state index < -0.39 is 11.6 Å². The van der Waals surface area contributed by atoms with Crippen LogP contribution < -0.4 is 5.73 Å². The Morgan fingerprint density at radius 1 is 1.44 bits per heavy atom. The van der Waals surface area contributed by atoms with Crippen molar-refractivity contribution >= 4 is 5.97 Å².